The van der Waals surface area contributed by atoms with Gasteiger partial charge >= 0.3 is 0 Å². The fourth-order valence-corrected chi connectivity index (χ4v) is 2.29. The van der Waals surface area contributed by atoms with Crippen LogP contribution in [0, 0.1) is 0 Å². The Balaban J connectivity index is 1.86. The highest BCUT2D eigenvalue weighted by atomic mass is 79.9. The van der Waals surface area contributed by atoms with Gasteiger partial charge in [-0.25, -0.2) is 0 Å². The van der Waals surface area contributed by atoms with E-state index in [0.717, 1.165) is 37.1 Å². The van der Waals surface area contributed by atoms with Crippen LogP contribution < -0.4 is 10.1 Å². The topological polar surface area (TPSA) is 41.6 Å². The second-order valence-electron chi connectivity index (χ2n) is 4.20. The molecule has 0 saturated carbocycles. The van der Waals surface area contributed by atoms with Crippen LogP contribution in [0.5, 0.6) is 5.75 Å². The Morgan fingerprint density at radius 3 is 3.00 bits per heavy atom. The van der Waals surface area contributed by atoms with Crippen molar-refractivity contribution in [1.82, 2.24) is 10.2 Å². The molecule has 4 nitrogen and oxygen atoms in total. The fourth-order valence-electron chi connectivity index (χ4n) is 1.89. The van der Waals surface area contributed by atoms with E-state index in [1.54, 1.807) is 0 Å². The summed E-state index contributed by atoms with van der Waals surface area (Å²) >= 11 is 3.40. The average Bonchev–Trinajstić information content (AvgIpc) is 2.66. The van der Waals surface area contributed by atoms with Crippen molar-refractivity contribution in [1.29, 1.82) is 0 Å². The molecule has 1 aliphatic rings. The van der Waals surface area contributed by atoms with Crippen molar-refractivity contribution in [2.75, 3.05) is 32.8 Å². The van der Waals surface area contributed by atoms with Crippen molar-refractivity contribution in [2.45, 2.75) is 6.42 Å². The Morgan fingerprint density at radius 1 is 1.33 bits per heavy atom. The lowest BCUT2D eigenvalue weighted by Crippen LogP contribution is -2.37. The summed E-state index contributed by atoms with van der Waals surface area (Å²) in [5.41, 5.74) is 0. The summed E-state index contributed by atoms with van der Waals surface area (Å²) in [7, 11) is 0. The molecule has 1 amide bonds. The van der Waals surface area contributed by atoms with Crippen LogP contribution in [0.2, 0.25) is 0 Å². The Kier molecular flexibility index (Phi) is 5.01. The summed E-state index contributed by atoms with van der Waals surface area (Å²) < 4.78 is 6.40. The normalized spacial score (nSPS) is 16.2. The number of carbonyl (C=O) groups excluding carboxylic acids is 1. The highest BCUT2D eigenvalue weighted by molar-refractivity contribution is 9.10. The van der Waals surface area contributed by atoms with Crippen LogP contribution in [0.1, 0.15) is 6.42 Å². The molecular formula is C13H17BrN2O2. The van der Waals surface area contributed by atoms with Crippen LogP contribution in [-0.4, -0.2) is 43.6 Å². The van der Waals surface area contributed by atoms with E-state index in [9.17, 15) is 4.79 Å². The van der Waals surface area contributed by atoms with Crippen LogP contribution in [0.25, 0.3) is 0 Å². The smallest absolute Gasteiger partial charge is 0.260 e. The Hall–Kier alpha value is -1.07. The monoisotopic (exact) mass is 312 g/mol. The van der Waals surface area contributed by atoms with Crippen molar-refractivity contribution >= 4 is 21.8 Å². The zero-order valence-electron chi connectivity index (χ0n) is 10.2. The first-order valence-electron chi connectivity index (χ1n) is 6.13. The van der Waals surface area contributed by atoms with Crippen molar-refractivity contribution in [3.8, 4) is 5.75 Å². The number of ether oxygens (including phenoxy) is 1. The van der Waals surface area contributed by atoms with Gasteiger partial charge in [-0.1, -0.05) is 12.1 Å². The lowest BCUT2D eigenvalue weighted by atomic mass is 10.3. The Morgan fingerprint density at radius 2 is 2.17 bits per heavy atom. The quantitative estimate of drug-likeness (QED) is 0.922. The summed E-state index contributed by atoms with van der Waals surface area (Å²) in [5.74, 6) is 0.758. The number of nitrogens with one attached hydrogen (secondary N) is 1. The van der Waals surface area contributed by atoms with E-state index in [2.05, 4.69) is 21.2 Å². The van der Waals surface area contributed by atoms with E-state index in [-0.39, 0.29) is 12.5 Å². The number of rotatable bonds is 3. The highest BCUT2D eigenvalue weighted by Gasteiger charge is 2.15. The number of para-hydroxylation sites is 1. The second-order valence-corrected chi connectivity index (χ2v) is 5.06. The molecule has 98 valence electrons. The molecule has 0 spiro atoms. The molecule has 1 heterocycles. The number of nitrogens with zero attached hydrogens (tertiary/aromatic N) is 1. The Labute approximate surface area is 115 Å². The predicted octanol–water partition coefficient (Wildman–Crippen LogP) is 1.65. The molecule has 1 aromatic carbocycles. The molecule has 0 bridgehead atoms. The molecule has 1 aromatic rings. The van der Waals surface area contributed by atoms with Crippen molar-refractivity contribution < 1.29 is 9.53 Å². The molecule has 1 N–H and O–H groups in total. The van der Waals surface area contributed by atoms with Crippen LogP contribution in [-0.2, 0) is 4.79 Å². The third-order valence-corrected chi connectivity index (χ3v) is 3.54. The minimum Gasteiger partial charge on any atom is -0.483 e. The van der Waals surface area contributed by atoms with Gasteiger partial charge in [-0.3, -0.25) is 4.79 Å². The van der Waals surface area contributed by atoms with Crippen LogP contribution in [0.3, 0.4) is 0 Å². The maximum Gasteiger partial charge on any atom is 0.260 e. The maximum atomic E-state index is 12.0. The van der Waals surface area contributed by atoms with Gasteiger partial charge in [0, 0.05) is 19.6 Å². The molecule has 1 aliphatic heterocycles. The molecule has 0 atom stereocenters. The molecule has 0 radical (unpaired) electrons. The summed E-state index contributed by atoms with van der Waals surface area (Å²) in [6.07, 6.45) is 1.00. The van der Waals surface area contributed by atoms with Gasteiger partial charge in [-0.05, 0) is 41.0 Å². The van der Waals surface area contributed by atoms with E-state index < -0.39 is 0 Å². The van der Waals surface area contributed by atoms with Gasteiger partial charge in [0.25, 0.3) is 5.91 Å². The number of amides is 1. The third-order valence-electron chi connectivity index (χ3n) is 2.88. The molecule has 1 saturated heterocycles. The van der Waals surface area contributed by atoms with Crippen LogP contribution in [0.15, 0.2) is 28.7 Å². The van der Waals surface area contributed by atoms with Gasteiger partial charge in [0.05, 0.1) is 4.47 Å². The van der Waals surface area contributed by atoms with Gasteiger partial charge in [-0.15, -0.1) is 0 Å². The molecule has 5 heteroatoms. The molecule has 1 fully saturated rings. The number of hydrogen-bond donors (Lipinski definition) is 1. The minimum atomic E-state index is 0.0504. The van der Waals surface area contributed by atoms with E-state index in [1.807, 2.05) is 29.2 Å². The molecule has 18 heavy (non-hydrogen) atoms. The summed E-state index contributed by atoms with van der Waals surface area (Å²) in [6.45, 7) is 3.52. The minimum absolute atomic E-state index is 0.0504. The van der Waals surface area contributed by atoms with E-state index in [4.69, 9.17) is 4.74 Å². The second kappa shape index (κ2) is 6.75. The van der Waals surface area contributed by atoms with Gasteiger partial charge < -0.3 is 15.0 Å². The van der Waals surface area contributed by atoms with Gasteiger partial charge in [0.15, 0.2) is 6.61 Å². The maximum absolute atomic E-state index is 12.0. The number of hydrogen-bond acceptors (Lipinski definition) is 3. The first-order valence-corrected chi connectivity index (χ1v) is 6.92. The van der Waals surface area contributed by atoms with Crippen LogP contribution >= 0.6 is 15.9 Å². The van der Waals surface area contributed by atoms with Gasteiger partial charge in [0.2, 0.25) is 0 Å². The van der Waals surface area contributed by atoms with E-state index in [1.165, 1.54) is 0 Å². The first-order chi connectivity index (χ1) is 8.77. The SMILES string of the molecule is O=C(COc1ccccc1Br)N1CCCNCC1. The standard InChI is InChI=1S/C13H17BrN2O2/c14-11-4-1-2-5-12(11)18-10-13(17)16-8-3-6-15-7-9-16/h1-2,4-5,15H,3,6-10H2. The fraction of sp³-hybridized carbons (Fsp3) is 0.462. The number of halogens is 1. The van der Waals surface area contributed by atoms with Crippen molar-refractivity contribution in [3.05, 3.63) is 28.7 Å². The average molecular weight is 313 g/mol. The van der Waals surface area contributed by atoms with E-state index in [0.29, 0.717) is 5.75 Å². The number of carbonyl (C=O) groups is 1. The highest BCUT2D eigenvalue weighted by Crippen LogP contribution is 2.23. The molecule has 0 aromatic heterocycles. The molecule has 2 rings (SSSR count). The molecule has 0 aliphatic carbocycles. The zero-order valence-corrected chi connectivity index (χ0v) is 11.8. The molecule has 0 unspecified atom stereocenters. The summed E-state index contributed by atoms with van der Waals surface area (Å²) in [4.78, 5) is 13.9. The third kappa shape index (κ3) is 3.71. The number of benzene rings is 1. The summed E-state index contributed by atoms with van der Waals surface area (Å²) in [5, 5.41) is 3.27. The lowest BCUT2D eigenvalue weighted by molar-refractivity contribution is -0.133. The Bertz CT molecular complexity index is 404. The molecular weight excluding hydrogens is 296 g/mol. The van der Waals surface area contributed by atoms with Crippen molar-refractivity contribution in [3.63, 3.8) is 0 Å². The lowest BCUT2D eigenvalue weighted by Gasteiger charge is -2.20. The van der Waals surface area contributed by atoms with Crippen LogP contribution in [0.4, 0.5) is 0 Å². The zero-order chi connectivity index (χ0) is 12.8. The van der Waals surface area contributed by atoms with Crippen molar-refractivity contribution in [2.24, 2.45) is 0 Å². The largest absolute Gasteiger partial charge is 0.483 e. The van der Waals surface area contributed by atoms with Gasteiger partial charge in [-0.2, -0.15) is 0 Å². The summed E-state index contributed by atoms with van der Waals surface area (Å²) in [6, 6.07) is 7.55. The first kappa shape index (κ1) is 13.4. The van der Waals surface area contributed by atoms with Gasteiger partial charge in [0.1, 0.15) is 5.75 Å². The van der Waals surface area contributed by atoms with E-state index >= 15 is 0 Å². The predicted molar refractivity (Wildman–Crippen MR) is 73.7 cm³/mol.